The standard InChI is InChI=1S/C25H19NO4S/c1-29-17-11-9-16(10-12-17)26-22(15-7-13-18(31-2)14-8-15)21-23(27)19-5-3-4-6-20(19)30-24(21)25(26)28/h3-14,22H,1-2H3. The van der Waals surface area contributed by atoms with Gasteiger partial charge in [-0.3, -0.25) is 14.5 Å². The van der Waals surface area contributed by atoms with Crippen molar-refractivity contribution >= 4 is 34.3 Å². The Morgan fingerprint density at radius 3 is 2.32 bits per heavy atom. The van der Waals surface area contributed by atoms with Crippen molar-refractivity contribution in [3.05, 3.63) is 99.9 Å². The van der Waals surface area contributed by atoms with Crippen LogP contribution in [0.2, 0.25) is 0 Å². The fourth-order valence-electron chi connectivity index (χ4n) is 4.03. The first-order valence-corrected chi connectivity index (χ1v) is 11.0. The number of hydrogen-bond donors (Lipinski definition) is 0. The molecule has 0 spiro atoms. The minimum Gasteiger partial charge on any atom is -0.497 e. The summed E-state index contributed by atoms with van der Waals surface area (Å²) in [6, 6.07) is 21.6. The predicted octanol–water partition coefficient (Wildman–Crippen LogP) is 5.27. The highest BCUT2D eigenvalue weighted by Crippen LogP contribution is 2.41. The van der Waals surface area contributed by atoms with Gasteiger partial charge in [0.15, 0.2) is 5.43 Å². The number of fused-ring (bicyclic) bond motifs is 2. The average molecular weight is 429 g/mol. The van der Waals surface area contributed by atoms with Crippen LogP contribution in [0, 0.1) is 0 Å². The molecular weight excluding hydrogens is 410 g/mol. The number of hydrogen-bond acceptors (Lipinski definition) is 5. The second-order valence-electron chi connectivity index (χ2n) is 7.22. The Morgan fingerprint density at radius 2 is 1.65 bits per heavy atom. The zero-order valence-electron chi connectivity index (χ0n) is 17.0. The van der Waals surface area contributed by atoms with E-state index in [2.05, 4.69) is 0 Å². The van der Waals surface area contributed by atoms with E-state index in [1.54, 1.807) is 60.2 Å². The summed E-state index contributed by atoms with van der Waals surface area (Å²) in [5, 5.41) is 0.469. The highest BCUT2D eigenvalue weighted by atomic mass is 32.2. The zero-order valence-corrected chi connectivity index (χ0v) is 17.8. The number of rotatable bonds is 4. The summed E-state index contributed by atoms with van der Waals surface area (Å²) in [7, 11) is 1.59. The third-order valence-electron chi connectivity index (χ3n) is 5.56. The maximum absolute atomic E-state index is 13.5. The molecule has 1 atom stereocenters. The lowest BCUT2D eigenvalue weighted by atomic mass is 9.98. The molecule has 0 aliphatic carbocycles. The van der Waals surface area contributed by atoms with Crippen LogP contribution in [-0.2, 0) is 0 Å². The monoisotopic (exact) mass is 429 g/mol. The van der Waals surface area contributed by atoms with Crippen LogP contribution < -0.4 is 15.1 Å². The van der Waals surface area contributed by atoms with Crippen LogP contribution in [0.25, 0.3) is 11.0 Å². The summed E-state index contributed by atoms with van der Waals surface area (Å²) in [6.45, 7) is 0. The molecule has 0 fully saturated rings. The van der Waals surface area contributed by atoms with Crippen LogP contribution in [0.15, 0.2) is 86.9 Å². The van der Waals surface area contributed by atoms with Crippen LogP contribution in [0.5, 0.6) is 5.75 Å². The Balaban J connectivity index is 1.76. The number of carbonyl (C=O) groups is 1. The molecule has 0 radical (unpaired) electrons. The van der Waals surface area contributed by atoms with E-state index in [1.165, 1.54) is 0 Å². The van der Waals surface area contributed by atoms with Crippen molar-refractivity contribution in [1.29, 1.82) is 0 Å². The van der Waals surface area contributed by atoms with E-state index < -0.39 is 6.04 Å². The van der Waals surface area contributed by atoms with Gasteiger partial charge in [-0.15, -0.1) is 11.8 Å². The number of carbonyl (C=O) groups excluding carboxylic acids is 1. The molecule has 5 nitrogen and oxygen atoms in total. The highest BCUT2D eigenvalue weighted by molar-refractivity contribution is 7.98. The second-order valence-corrected chi connectivity index (χ2v) is 8.10. The minimum atomic E-state index is -0.576. The van der Waals surface area contributed by atoms with E-state index in [0.29, 0.717) is 28.0 Å². The van der Waals surface area contributed by atoms with Gasteiger partial charge in [-0.2, -0.15) is 0 Å². The lowest BCUT2D eigenvalue weighted by Gasteiger charge is -2.25. The first-order valence-electron chi connectivity index (χ1n) is 9.79. The molecule has 1 aliphatic heterocycles. The molecule has 4 aromatic rings. The number of thioether (sulfide) groups is 1. The van der Waals surface area contributed by atoms with Gasteiger partial charge in [0.2, 0.25) is 5.76 Å². The SMILES string of the molecule is COc1ccc(N2C(=O)c3oc4ccccc4c(=O)c3C2c2ccc(SC)cc2)cc1. The molecule has 0 bridgehead atoms. The third kappa shape index (κ3) is 3.11. The van der Waals surface area contributed by atoms with Crippen molar-refractivity contribution in [2.45, 2.75) is 10.9 Å². The Hall–Kier alpha value is -3.51. The molecule has 1 aromatic heterocycles. The van der Waals surface area contributed by atoms with Crippen LogP contribution >= 0.6 is 11.8 Å². The van der Waals surface area contributed by atoms with Crippen molar-refractivity contribution in [1.82, 2.24) is 0 Å². The zero-order chi connectivity index (χ0) is 21.5. The molecule has 1 amide bonds. The van der Waals surface area contributed by atoms with E-state index in [1.807, 2.05) is 42.7 Å². The van der Waals surface area contributed by atoms with Crippen LogP contribution in [0.4, 0.5) is 5.69 Å². The lowest BCUT2D eigenvalue weighted by Crippen LogP contribution is -2.29. The van der Waals surface area contributed by atoms with E-state index in [0.717, 1.165) is 10.5 Å². The predicted molar refractivity (Wildman–Crippen MR) is 122 cm³/mol. The first kappa shape index (κ1) is 19.5. The molecule has 154 valence electrons. The van der Waals surface area contributed by atoms with Crippen LogP contribution in [0.3, 0.4) is 0 Å². The normalized spacial score (nSPS) is 15.4. The number of methoxy groups -OCH3 is 1. The fourth-order valence-corrected chi connectivity index (χ4v) is 4.44. The van der Waals surface area contributed by atoms with Crippen molar-refractivity contribution in [2.75, 3.05) is 18.3 Å². The minimum absolute atomic E-state index is 0.0958. The Kier molecular flexibility index (Phi) is 4.79. The molecule has 3 aromatic carbocycles. The topological polar surface area (TPSA) is 59.8 Å². The summed E-state index contributed by atoms with van der Waals surface area (Å²) in [4.78, 5) is 29.7. The smallest absolute Gasteiger partial charge is 0.295 e. The molecule has 6 heteroatoms. The van der Waals surface area contributed by atoms with E-state index in [9.17, 15) is 9.59 Å². The van der Waals surface area contributed by atoms with Gasteiger partial charge in [-0.05, 0) is 60.4 Å². The molecule has 1 aliphatic rings. The number of benzene rings is 3. The van der Waals surface area contributed by atoms with Crippen LogP contribution in [-0.4, -0.2) is 19.3 Å². The van der Waals surface area contributed by atoms with Crippen LogP contribution in [0.1, 0.15) is 27.7 Å². The largest absolute Gasteiger partial charge is 0.497 e. The number of nitrogens with zero attached hydrogens (tertiary/aromatic N) is 1. The van der Waals surface area contributed by atoms with E-state index in [-0.39, 0.29) is 17.1 Å². The van der Waals surface area contributed by atoms with Gasteiger partial charge in [0.25, 0.3) is 5.91 Å². The molecular formula is C25H19NO4S. The van der Waals surface area contributed by atoms with Crippen molar-refractivity contribution in [3.8, 4) is 5.75 Å². The quantitative estimate of drug-likeness (QED) is 0.414. The lowest BCUT2D eigenvalue weighted by molar-refractivity contribution is 0.0971. The molecule has 5 rings (SSSR count). The summed E-state index contributed by atoms with van der Waals surface area (Å²) >= 11 is 1.64. The average Bonchev–Trinajstić information content (AvgIpc) is 3.12. The third-order valence-corrected chi connectivity index (χ3v) is 6.30. The molecule has 0 N–H and O–H groups in total. The van der Waals surface area contributed by atoms with Gasteiger partial charge in [0.05, 0.1) is 24.1 Å². The first-order chi connectivity index (χ1) is 15.1. The Labute approximate surface area is 183 Å². The summed E-state index contributed by atoms with van der Waals surface area (Å²) in [5.41, 5.74) is 2.12. The van der Waals surface area contributed by atoms with Gasteiger partial charge in [-0.1, -0.05) is 24.3 Å². The molecule has 1 unspecified atom stereocenters. The Bertz CT molecular complexity index is 1340. The van der Waals surface area contributed by atoms with Gasteiger partial charge in [-0.25, -0.2) is 0 Å². The van der Waals surface area contributed by atoms with E-state index in [4.69, 9.17) is 9.15 Å². The summed E-state index contributed by atoms with van der Waals surface area (Å²) < 4.78 is 11.2. The number of para-hydroxylation sites is 1. The number of anilines is 1. The van der Waals surface area contributed by atoms with Gasteiger partial charge in [0, 0.05) is 10.6 Å². The maximum atomic E-state index is 13.5. The highest BCUT2D eigenvalue weighted by Gasteiger charge is 2.43. The van der Waals surface area contributed by atoms with Crippen molar-refractivity contribution in [2.24, 2.45) is 0 Å². The van der Waals surface area contributed by atoms with Gasteiger partial charge >= 0.3 is 0 Å². The van der Waals surface area contributed by atoms with Crippen molar-refractivity contribution < 1.29 is 13.9 Å². The van der Waals surface area contributed by atoms with E-state index >= 15 is 0 Å². The second kappa shape index (κ2) is 7.63. The van der Waals surface area contributed by atoms with Gasteiger partial charge < -0.3 is 9.15 Å². The number of ether oxygens (including phenoxy) is 1. The molecule has 0 saturated carbocycles. The Morgan fingerprint density at radius 1 is 0.935 bits per heavy atom. The maximum Gasteiger partial charge on any atom is 0.295 e. The molecule has 2 heterocycles. The fraction of sp³-hybridized carbons (Fsp3) is 0.120. The van der Waals surface area contributed by atoms with Gasteiger partial charge in [0.1, 0.15) is 11.3 Å². The number of amides is 1. The summed E-state index contributed by atoms with van der Waals surface area (Å²) in [6.07, 6.45) is 2.01. The van der Waals surface area contributed by atoms with Crippen molar-refractivity contribution in [3.63, 3.8) is 0 Å². The molecule has 31 heavy (non-hydrogen) atoms. The summed E-state index contributed by atoms with van der Waals surface area (Å²) in [5.74, 6) is 0.453. The molecule has 0 saturated heterocycles.